The normalized spacial score (nSPS) is 20.5. The van der Waals surface area contributed by atoms with E-state index in [1.165, 1.54) is 0 Å². The van der Waals surface area contributed by atoms with Crippen LogP contribution in [0.15, 0.2) is 30.3 Å². The van der Waals surface area contributed by atoms with Gasteiger partial charge in [-0.05, 0) is 36.8 Å². The average molecular weight is 458 g/mol. The monoisotopic (exact) mass is 458 g/mol. The standard InChI is InChI=1S/C18H18F6N2O3.H2S/c19-17(20,21)14(18(22,23)24)29-15(28)26-8-6-16(7-9-26)10-12(16)13(27)25-11-4-2-1-3-5-11;/h1-5,12,14H,6-10H2,(H,25,27);1H2/t12-;/m1./s1. The number of carbonyl (C=O) groups is 2. The molecule has 0 radical (unpaired) electrons. The molecule has 2 aliphatic rings. The molecule has 1 aromatic carbocycles. The second kappa shape index (κ2) is 8.56. The van der Waals surface area contributed by atoms with Crippen LogP contribution in [0.5, 0.6) is 0 Å². The third kappa shape index (κ3) is 5.32. The van der Waals surface area contributed by atoms with Gasteiger partial charge in [-0.3, -0.25) is 4.79 Å². The lowest BCUT2D eigenvalue weighted by molar-refractivity contribution is -0.308. The molecule has 0 unspecified atom stereocenters. The van der Waals surface area contributed by atoms with Crippen LogP contribution in [-0.2, 0) is 9.53 Å². The smallest absolute Gasteiger partial charge is 0.426 e. The Hall–Kier alpha value is -2.11. The van der Waals surface area contributed by atoms with Gasteiger partial charge in [-0.2, -0.15) is 39.8 Å². The largest absolute Gasteiger partial charge is 0.434 e. The summed E-state index contributed by atoms with van der Waals surface area (Å²) in [5, 5.41) is 2.77. The summed E-state index contributed by atoms with van der Waals surface area (Å²) in [5.74, 6) is -0.500. The summed E-state index contributed by atoms with van der Waals surface area (Å²) in [5.41, 5.74) is 0.245. The van der Waals surface area contributed by atoms with Gasteiger partial charge in [0.15, 0.2) is 0 Å². The number of alkyl halides is 6. The minimum absolute atomic E-state index is 0. The van der Waals surface area contributed by atoms with Crippen molar-refractivity contribution in [1.82, 2.24) is 4.90 Å². The van der Waals surface area contributed by atoms with E-state index in [1.54, 1.807) is 30.3 Å². The highest BCUT2D eigenvalue weighted by atomic mass is 32.1. The van der Waals surface area contributed by atoms with Crippen LogP contribution >= 0.6 is 13.5 Å². The molecule has 1 heterocycles. The van der Waals surface area contributed by atoms with E-state index in [4.69, 9.17) is 0 Å². The SMILES string of the molecule is O=C(Nc1ccccc1)[C@H]1CC12CCN(C(=O)OC(C(F)(F)F)C(F)(F)F)CC2.S. The number of nitrogens with zero attached hydrogens (tertiary/aromatic N) is 1. The van der Waals surface area contributed by atoms with Crippen molar-refractivity contribution < 1.29 is 40.7 Å². The van der Waals surface area contributed by atoms with E-state index in [1.807, 2.05) is 0 Å². The molecule has 1 aromatic rings. The van der Waals surface area contributed by atoms with Crippen LogP contribution in [-0.4, -0.2) is 48.4 Å². The number of ether oxygens (including phenoxy) is 1. The Kier molecular flexibility index (Phi) is 6.89. The maximum Gasteiger partial charge on any atom is 0.434 e. The number of hydrogen-bond acceptors (Lipinski definition) is 3. The fourth-order valence-electron chi connectivity index (χ4n) is 3.65. The van der Waals surface area contributed by atoms with Gasteiger partial charge in [-0.25, -0.2) is 4.79 Å². The van der Waals surface area contributed by atoms with Crippen LogP contribution in [0, 0.1) is 11.3 Å². The maximum atomic E-state index is 12.5. The van der Waals surface area contributed by atoms with Gasteiger partial charge in [-0.1, -0.05) is 18.2 Å². The summed E-state index contributed by atoms with van der Waals surface area (Å²) in [6.45, 7) is -0.146. The fourth-order valence-corrected chi connectivity index (χ4v) is 3.65. The minimum Gasteiger partial charge on any atom is -0.426 e. The molecule has 1 aliphatic carbocycles. The van der Waals surface area contributed by atoms with Crippen molar-refractivity contribution in [3.8, 4) is 0 Å². The molecule has 3 rings (SSSR count). The molecule has 1 spiro atoms. The quantitative estimate of drug-likeness (QED) is 0.680. The van der Waals surface area contributed by atoms with Crippen LogP contribution in [0.25, 0.3) is 0 Å². The molecule has 12 heteroatoms. The first-order chi connectivity index (χ1) is 13.4. The molecule has 30 heavy (non-hydrogen) atoms. The zero-order valence-corrected chi connectivity index (χ0v) is 16.5. The highest BCUT2D eigenvalue weighted by molar-refractivity contribution is 7.59. The van der Waals surface area contributed by atoms with Crippen molar-refractivity contribution in [2.24, 2.45) is 11.3 Å². The number of hydrogen-bond donors (Lipinski definition) is 1. The van der Waals surface area contributed by atoms with E-state index in [0.717, 1.165) is 4.90 Å². The lowest BCUT2D eigenvalue weighted by Crippen LogP contribution is -2.49. The van der Waals surface area contributed by atoms with Crippen LogP contribution in [0.3, 0.4) is 0 Å². The predicted molar refractivity (Wildman–Crippen MR) is 99.2 cm³/mol. The molecule has 2 fully saturated rings. The second-order valence-electron chi connectivity index (χ2n) is 7.31. The lowest BCUT2D eigenvalue weighted by Gasteiger charge is -2.33. The Labute approximate surface area is 175 Å². The number of para-hydroxylation sites is 1. The number of nitrogens with one attached hydrogen (secondary N) is 1. The van der Waals surface area contributed by atoms with E-state index in [2.05, 4.69) is 10.1 Å². The Morgan fingerprint density at radius 3 is 2.07 bits per heavy atom. The van der Waals surface area contributed by atoms with Crippen LogP contribution in [0.4, 0.5) is 36.8 Å². The van der Waals surface area contributed by atoms with Gasteiger partial charge in [0.05, 0.1) is 0 Å². The number of piperidine rings is 1. The third-order valence-corrected chi connectivity index (χ3v) is 5.38. The summed E-state index contributed by atoms with van der Waals surface area (Å²) >= 11 is 0. The number of likely N-dealkylation sites (tertiary alicyclic amines) is 1. The van der Waals surface area contributed by atoms with Gasteiger partial charge in [-0.15, -0.1) is 0 Å². The van der Waals surface area contributed by atoms with Crippen LogP contribution < -0.4 is 5.32 Å². The number of carbonyl (C=O) groups excluding carboxylic acids is 2. The molecule has 168 valence electrons. The van der Waals surface area contributed by atoms with E-state index in [-0.39, 0.29) is 43.8 Å². The van der Waals surface area contributed by atoms with Gasteiger partial charge < -0.3 is 15.0 Å². The van der Waals surface area contributed by atoms with Crippen molar-refractivity contribution in [1.29, 1.82) is 0 Å². The molecular formula is C18H20F6N2O3S. The Bertz CT molecular complexity index is 749. The minimum atomic E-state index is -5.75. The Morgan fingerprint density at radius 2 is 1.57 bits per heavy atom. The van der Waals surface area contributed by atoms with Gasteiger partial charge in [0, 0.05) is 24.7 Å². The van der Waals surface area contributed by atoms with Crippen molar-refractivity contribution in [2.45, 2.75) is 37.7 Å². The lowest BCUT2D eigenvalue weighted by atomic mass is 9.91. The van der Waals surface area contributed by atoms with Crippen molar-refractivity contribution in [2.75, 3.05) is 18.4 Å². The first-order valence-corrected chi connectivity index (χ1v) is 8.87. The first-order valence-electron chi connectivity index (χ1n) is 8.87. The summed E-state index contributed by atoms with van der Waals surface area (Å²) in [7, 11) is 0. The molecule has 1 saturated heterocycles. The van der Waals surface area contributed by atoms with E-state index < -0.39 is 24.5 Å². The summed E-state index contributed by atoms with van der Waals surface area (Å²) < 4.78 is 78.9. The first kappa shape index (κ1) is 24.2. The molecule has 1 atom stereocenters. The van der Waals surface area contributed by atoms with Gasteiger partial charge in [0.1, 0.15) is 0 Å². The Balaban J connectivity index is 0.00000320. The highest BCUT2D eigenvalue weighted by Crippen LogP contribution is 2.59. The summed E-state index contributed by atoms with van der Waals surface area (Å²) in [6.07, 6.45) is -16.2. The summed E-state index contributed by atoms with van der Waals surface area (Å²) in [6, 6.07) is 8.77. The van der Waals surface area contributed by atoms with Crippen molar-refractivity contribution in [3.05, 3.63) is 30.3 Å². The zero-order valence-electron chi connectivity index (χ0n) is 15.5. The Morgan fingerprint density at radius 1 is 1.03 bits per heavy atom. The number of anilines is 1. The number of halogens is 6. The van der Waals surface area contributed by atoms with Gasteiger partial charge in [0.2, 0.25) is 5.91 Å². The molecule has 1 saturated carbocycles. The molecule has 5 nitrogen and oxygen atoms in total. The van der Waals surface area contributed by atoms with E-state index in [0.29, 0.717) is 24.9 Å². The van der Waals surface area contributed by atoms with E-state index >= 15 is 0 Å². The number of amides is 2. The highest BCUT2D eigenvalue weighted by Gasteiger charge is 2.61. The number of rotatable bonds is 3. The predicted octanol–water partition coefficient (Wildman–Crippen LogP) is 4.47. The maximum absolute atomic E-state index is 12.5. The molecule has 1 aliphatic heterocycles. The van der Waals surface area contributed by atoms with Crippen molar-refractivity contribution >= 4 is 31.2 Å². The molecular weight excluding hydrogens is 438 g/mol. The number of benzene rings is 1. The molecule has 0 bridgehead atoms. The summed E-state index contributed by atoms with van der Waals surface area (Å²) in [4.78, 5) is 25.0. The average Bonchev–Trinajstić information content (AvgIpc) is 3.32. The molecule has 2 amide bonds. The van der Waals surface area contributed by atoms with E-state index in [9.17, 15) is 35.9 Å². The van der Waals surface area contributed by atoms with Gasteiger partial charge >= 0.3 is 18.4 Å². The van der Waals surface area contributed by atoms with Crippen LogP contribution in [0.2, 0.25) is 0 Å². The fraction of sp³-hybridized carbons (Fsp3) is 0.556. The topological polar surface area (TPSA) is 58.6 Å². The second-order valence-corrected chi connectivity index (χ2v) is 7.31. The molecule has 1 N–H and O–H groups in total. The molecule has 0 aromatic heterocycles. The third-order valence-electron chi connectivity index (χ3n) is 5.38. The van der Waals surface area contributed by atoms with Crippen molar-refractivity contribution in [3.63, 3.8) is 0 Å². The van der Waals surface area contributed by atoms with Gasteiger partial charge in [0.25, 0.3) is 6.10 Å². The van der Waals surface area contributed by atoms with Crippen LogP contribution in [0.1, 0.15) is 19.3 Å². The zero-order chi connectivity index (χ0) is 21.4.